The molecule has 2 rings (SSSR count). The van der Waals surface area contributed by atoms with Crippen molar-refractivity contribution in [1.29, 1.82) is 0 Å². The predicted octanol–water partition coefficient (Wildman–Crippen LogP) is 3.10. The Kier molecular flexibility index (Phi) is 8.57. The smallest absolute Gasteiger partial charge is 0.368 e. The SMILES string of the molecule is CCNC(=NCC1CC1)NCCNc1ncccc1C(F)(F)F.I. The lowest BCUT2D eigenvalue weighted by molar-refractivity contribution is -0.137. The molecule has 0 aliphatic heterocycles. The van der Waals surface area contributed by atoms with Crippen LogP contribution in [-0.2, 0) is 6.18 Å². The topological polar surface area (TPSA) is 61.3 Å². The second-order valence-corrected chi connectivity index (χ2v) is 5.41. The molecular formula is C15H23F3IN5. The molecule has 3 N–H and O–H groups in total. The first kappa shape index (κ1) is 20.8. The molecule has 0 spiro atoms. The molecule has 0 atom stereocenters. The van der Waals surface area contributed by atoms with Gasteiger partial charge in [-0.25, -0.2) is 4.98 Å². The van der Waals surface area contributed by atoms with E-state index in [1.165, 1.54) is 25.1 Å². The van der Waals surface area contributed by atoms with Crippen LogP contribution < -0.4 is 16.0 Å². The van der Waals surface area contributed by atoms with Crippen LogP contribution in [0.2, 0.25) is 0 Å². The van der Waals surface area contributed by atoms with E-state index in [2.05, 4.69) is 25.9 Å². The number of halogens is 4. The Morgan fingerprint density at radius 1 is 1.29 bits per heavy atom. The Labute approximate surface area is 156 Å². The third kappa shape index (κ3) is 7.10. The van der Waals surface area contributed by atoms with E-state index >= 15 is 0 Å². The van der Waals surface area contributed by atoms with Gasteiger partial charge >= 0.3 is 6.18 Å². The minimum Gasteiger partial charge on any atom is -0.368 e. The summed E-state index contributed by atoms with van der Waals surface area (Å²) in [6.07, 6.45) is -0.619. The molecule has 5 nitrogen and oxygen atoms in total. The zero-order valence-corrected chi connectivity index (χ0v) is 15.8. The van der Waals surface area contributed by atoms with Gasteiger partial charge in [-0.3, -0.25) is 4.99 Å². The standard InChI is InChI=1S/C15H22F3N5.HI/c1-2-19-14(23-10-11-5-6-11)22-9-8-21-13-12(15(16,17)18)4-3-7-20-13;/h3-4,7,11H,2,5-6,8-10H2,1H3,(H,20,21)(H2,19,22,23);1H. The highest BCUT2D eigenvalue weighted by Crippen LogP contribution is 2.33. The van der Waals surface area contributed by atoms with Gasteiger partial charge in [-0.2, -0.15) is 13.2 Å². The maximum Gasteiger partial charge on any atom is 0.419 e. The monoisotopic (exact) mass is 457 g/mol. The van der Waals surface area contributed by atoms with Crippen LogP contribution in [-0.4, -0.2) is 37.1 Å². The van der Waals surface area contributed by atoms with Gasteiger partial charge in [-0.15, -0.1) is 24.0 Å². The highest BCUT2D eigenvalue weighted by atomic mass is 127. The van der Waals surface area contributed by atoms with Crippen LogP contribution in [0.5, 0.6) is 0 Å². The summed E-state index contributed by atoms with van der Waals surface area (Å²) in [5, 5.41) is 8.93. The van der Waals surface area contributed by atoms with E-state index in [1.807, 2.05) is 6.92 Å². The van der Waals surface area contributed by atoms with Crippen LogP contribution in [0, 0.1) is 5.92 Å². The van der Waals surface area contributed by atoms with Gasteiger partial charge in [0.05, 0.1) is 5.56 Å². The number of pyridine rings is 1. The summed E-state index contributed by atoms with van der Waals surface area (Å²) in [6, 6.07) is 2.30. The van der Waals surface area contributed by atoms with Gasteiger partial charge < -0.3 is 16.0 Å². The highest BCUT2D eigenvalue weighted by molar-refractivity contribution is 14.0. The molecule has 0 amide bonds. The molecule has 0 radical (unpaired) electrons. The van der Waals surface area contributed by atoms with Crippen molar-refractivity contribution in [3.05, 3.63) is 23.9 Å². The second-order valence-electron chi connectivity index (χ2n) is 5.41. The van der Waals surface area contributed by atoms with E-state index in [1.54, 1.807) is 0 Å². The van der Waals surface area contributed by atoms with E-state index in [0.29, 0.717) is 25.0 Å². The summed E-state index contributed by atoms with van der Waals surface area (Å²) in [5.41, 5.74) is -0.755. The van der Waals surface area contributed by atoms with Gasteiger partial charge in [0.15, 0.2) is 5.96 Å². The zero-order chi connectivity index (χ0) is 16.7. The lowest BCUT2D eigenvalue weighted by Gasteiger charge is -2.14. The fourth-order valence-electron chi connectivity index (χ4n) is 2.00. The first-order valence-electron chi connectivity index (χ1n) is 7.79. The van der Waals surface area contributed by atoms with Crippen molar-refractivity contribution >= 4 is 35.8 Å². The molecule has 1 saturated carbocycles. The molecule has 0 unspecified atom stereocenters. The summed E-state index contributed by atoms with van der Waals surface area (Å²) in [7, 11) is 0. The number of anilines is 1. The van der Waals surface area contributed by atoms with Crippen LogP contribution in [0.1, 0.15) is 25.3 Å². The highest BCUT2D eigenvalue weighted by Gasteiger charge is 2.33. The Morgan fingerprint density at radius 2 is 2.04 bits per heavy atom. The number of hydrogen-bond acceptors (Lipinski definition) is 3. The van der Waals surface area contributed by atoms with Crippen LogP contribution in [0.15, 0.2) is 23.3 Å². The van der Waals surface area contributed by atoms with Gasteiger partial charge in [-0.1, -0.05) is 0 Å². The lowest BCUT2D eigenvalue weighted by atomic mass is 10.2. The van der Waals surface area contributed by atoms with E-state index in [0.717, 1.165) is 19.2 Å². The normalized spacial score (nSPS) is 14.8. The van der Waals surface area contributed by atoms with Gasteiger partial charge in [0, 0.05) is 32.4 Å². The molecule has 1 aliphatic rings. The van der Waals surface area contributed by atoms with Crippen LogP contribution in [0.4, 0.5) is 19.0 Å². The first-order valence-corrected chi connectivity index (χ1v) is 7.79. The van der Waals surface area contributed by atoms with Crippen LogP contribution >= 0.6 is 24.0 Å². The van der Waals surface area contributed by atoms with Gasteiger partial charge in [0.2, 0.25) is 0 Å². The number of nitrogens with one attached hydrogen (secondary N) is 3. The molecule has 0 bridgehead atoms. The van der Waals surface area contributed by atoms with E-state index in [-0.39, 0.29) is 29.8 Å². The maximum absolute atomic E-state index is 12.8. The first-order chi connectivity index (χ1) is 11.0. The third-order valence-corrected chi connectivity index (χ3v) is 3.37. The largest absolute Gasteiger partial charge is 0.419 e. The molecule has 1 heterocycles. The third-order valence-electron chi connectivity index (χ3n) is 3.37. The van der Waals surface area contributed by atoms with Crippen molar-refractivity contribution in [2.75, 3.05) is 31.5 Å². The number of aromatic nitrogens is 1. The Balaban J connectivity index is 0.00000288. The average Bonchev–Trinajstić information content (AvgIpc) is 3.32. The minimum atomic E-state index is -4.41. The van der Waals surface area contributed by atoms with Gasteiger partial charge in [0.25, 0.3) is 0 Å². The van der Waals surface area contributed by atoms with Crippen molar-refractivity contribution in [3.63, 3.8) is 0 Å². The molecule has 1 aliphatic carbocycles. The summed E-state index contributed by atoms with van der Waals surface area (Å²) in [4.78, 5) is 8.21. The number of alkyl halides is 3. The quantitative estimate of drug-likeness (QED) is 0.255. The maximum atomic E-state index is 12.8. The second kappa shape index (κ2) is 9.90. The lowest BCUT2D eigenvalue weighted by Crippen LogP contribution is -2.39. The summed E-state index contributed by atoms with van der Waals surface area (Å²) in [5.74, 6) is 1.23. The number of aliphatic imine (C=N–C) groups is 1. The Morgan fingerprint density at radius 3 is 2.67 bits per heavy atom. The Hall–Kier alpha value is -1.26. The van der Waals surface area contributed by atoms with Crippen molar-refractivity contribution in [2.45, 2.75) is 25.9 Å². The molecular weight excluding hydrogens is 434 g/mol. The number of rotatable bonds is 7. The van der Waals surface area contributed by atoms with Gasteiger partial charge in [-0.05, 0) is 37.8 Å². The Bertz CT molecular complexity index is 532. The number of guanidine groups is 1. The summed E-state index contributed by atoms with van der Waals surface area (Å²) >= 11 is 0. The van der Waals surface area contributed by atoms with E-state index in [9.17, 15) is 13.2 Å². The molecule has 1 aromatic heterocycles. The van der Waals surface area contributed by atoms with Gasteiger partial charge in [0.1, 0.15) is 5.82 Å². The van der Waals surface area contributed by atoms with Crippen molar-refractivity contribution < 1.29 is 13.2 Å². The van der Waals surface area contributed by atoms with Crippen LogP contribution in [0.25, 0.3) is 0 Å². The molecule has 136 valence electrons. The fourth-order valence-corrected chi connectivity index (χ4v) is 2.00. The van der Waals surface area contributed by atoms with E-state index in [4.69, 9.17) is 0 Å². The molecule has 24 heavy (non-hydrogen) atoms. The number of hydrogen-bond donors (Lipinski definition) is 3. The minimum absolute atomic E-state index is 0. The molecule has 9 heteroatoms. The predicted molar refractivity (Wildman–Crippen MR) is 99.8 cm³/mol. The summed E-state index contributed by atoms with van der Waals surface area (Å²) in [6.45, 7) is 4.26. The molecule has 1 aromatic rings. The molecule has 1 fully saturated rings. The molecule has 0 aromatic carbocycles. The van der Waals surface area contributed by atoms with Crippen LogP contribution in [0.3, 0.4) is 0 Å². The van der Waals surface area contributed by atoms with Crippen molar-refractivity contribution in [3.8, 4) is 0 Å². The molecule has 0 saturated heterocycles. The number of nitrogens with zero attached hydrogens (tertiary/aromatic N) is 2. The zero-order valence-electron chi connectivity index (χ0n) is 13.5. The van der Waals surface area contributed by atoms with Crippen molar-refractivity contribution in [1.82, 2.24) is 15.6 Å². The average molecular weight is 457 g/mol. The van der Waals surface area contributed by atoms with E-state index < -0.39 is 11.7 Å². The summed E-state index contributed by atoms with van der Waals surface area (Å²) < 4.78 is 38.5. The van der Waals surface area contributed by atoms with Crippen molar-refractivity contribution in [2.24, 2.45) is 10.9 Å². The fraction of sp³-hybridized carbons (Fsp3) is 0.600.